The van der Waals surface area contributed by atoms with Crippen LogP contribution >= 0.6 is 11.6 Å². The molecule has 2 heterocycles. The summed E-state index contributed by atoms with van der Waals surface area (Å²) in [4.78, 5) is 16.6. The van der Waals surface area contributed by atoms with E-state index < -0.39 is 0 Å². The highest BCUT2D eigenvalue weighted by atomic mass is 35.5. The number of benzene rings is 2. The Kier molecular flexibility index (Phi) is 4.99. The third kappa shape index (κ3) is 3.90. The maximum absolute atomic E-state index is 12.5. The van der Waals surface area contributed by atoms with E-state index in [0.717, 1.165) is 40.7 Å². The largest absolute Gasteiger partial charge is 0.454 e. The molecule has 0 aromatic heterocycles. The molecule has 0 bridgehead atoms. The van der Waals surface area contributed by atoms with Crippen LogP contribution in [0.25, 0.3) is 0 Å². The topological polar surface area (TPSA) is 54.0 Å². The molecule has 0 atom stereocenters. The summed E-state index contributed by atoms with van der Waals surface area (Å²) in [6.45, 7) is 5.77. The zero-order valence-corrected chi connectivity index (χ0v) is 16.0. The van der Waals surface area contributed by atoms with Crippen molar-refractivity contribution in [2.45, 2.75) is 13.5 Å². The highest BCUT2D eigenvalue weighted by Crippen LogP contribution is 2.32. The second kappa shape index (κ2) is 7.56. The van der Waals surface area contributed by atoms with Crippen LogP contribution in [0.15, 0.2) is 36.4 Å². The molecule has 0 saturated carbocycles. The van der Waals surface area contributed by atoms with Crippen molar-refractivity contribution in [2.75, 3.05) is 37.9 Å². The van der Waals surface area contributed by atoms with Crippen molar-refractivity contribution in [3.05, 3.63) is 52.5 Å². The standard InChI is InChI=1S/C20H22ClN3O3/c1-14-10-16(21)3-4-17(14)23-6-8-24(9-7-23)20(25)22-12-15-2-5-18-19(11-15)27-13-26-18/h2-5,10-11H,6-9,12-13H2,1H3,(H,22,25). The summed E-state index contributed by atoms with van der Waals surface area (Å²) in [6, 6.07) is 11.6. The van der Waals surface area contributed by atoms with Crippen LogP contribution in [0.4, 0.5) is 10.5 Å². The Labute approximate surface area is 163 Å². The summed E-state index contributed by atoms with van der Waals surface area (Å²) in [6.07, 6.45) is 0. The molecule has 6 nitrogen and oxygen atoms in total. The minimum Gasteiger partial charge on any atom is -0.454 e. The van der Waals surface area contributed by atoms with E-state index >= 15 is 0 Å². The van der Waals surface area contributed by atoms with Crippen molar-refractivity contribution in [1.82, 2.24) is 10.2 Å². The number of aryl methyl sites for hydroxylation is 1. The number of hydrogen-bond donors (Lipinski definition) is 1. The van der Waals surface area contributed by atoms with Crippen molar-refractivity contribution >= 4 is 23.3 Å². The minimum atomic E-state index is -0.0415. The average Bonchev–Trinajstić information content (AvgIpc) is 3.14. The van der Waals surface area contributed by atoms with Crippen LogP contribution in [0, 0.1) is 6.92 Å². The molecule has 0 aliphatic carbocycles. The summed E-state index contributed by atoms with van der Waals surface area (Å²) < 4.78 is 10.7. The van der Waals surface area contributed by atoms with Gasteiger partial charge in [0, 0.05) is 43.4 Å². The van der Waals surface area contributed by atoms with Crippen molar-refractivity contribution in [3.63, 3.8) is 0 Å². The van der Waals surface area contributed by atoms with E-state index in [1.807, 2.05) is 41.3 Å². The molecule has 7 heteroatoms. The Balaban J connectivity index is 1.29. The Bertz CT molecular complexity index is 850. The zero-order valence-electron chi connectivity index (χ0n) is 15.2. The van der Waals surface area contributed by atoms with Gasteiger partial charge in [0.05, 0.1) is 0 Å². The molecule has 2 aromatic rings. The molecule has 2 aliphatic rings. The van der Waals surface area contributed by atoms with E-state index in [4.69, 9.17) is 21.1 Å². The number of anilines is 1. The number of ether oxygens (including phenoxy) is 2. The molecular formula is C20H22ClN3O3. The van der Waals surface area contributed by atoms with Crippen LogP contribution in [0.1, 0.15) is 11.1 Å². The molecule has 142 valence electrons. The Morgan fingerprint density at radius 2 is 1.85 bits per heavy atom. The van der Waals surface area contributed by atoms with E-state index in [0.29, 0.717) is 19.6 Å². The van der Waals surface area contributed by atoms with Gasteiger partial charge < -0.3 is 24.6 Å². The lowest BCUT2D eigenvalue weighted by Crippen LogP contribution is -2.51. The van der Waals surface area contributed by atoms with Crippen molar-refractivity contribution in [3.8, 4) is 11.5 Å². The first-order valence-corrected chi connectivity index (χ1v) is 9.40. The monoisotopic (exact) mass is 387 g/mol. The number of urea groups is 1. The molecule has 0 spiro atoms. The maximum Gasteiger partial charge on any atom is 0.317 e. The number of nitrogens with zero attached hydrogens (tertiary/aromatic N) is 2. The van der Waals surface area contributed by atoms with Gasteiger partial charge in [-0.2, -0.15) is 0 Å². The van der Waals surface area contributed by atoms with Gasteiger partial charge in [0.1, 0.15) is 0 Å². The average molecular weight is 388 g/mol. The predicted octanol–water partition coefficient (Wildman–Crippen LogP) is 3.41. The third-order valence-corrected chi connectivity index (χ3v) is 5.18. The normalized spacial score (nSPS) is 15.8. The fourth-order valence-electron chi connectivity index (χ4n) is 3.46. The molecule has 1 saturated heterocycles. The van der Waals surface area contributed by atoms with Gasteiger partial charge in [-0.3, -0.25) is 0 Å². The summed E-state index contributed by atoms with van der Waals surface area (Å²) in [5.41, 5.74) is 3.33. The van der Waals surface area contributed by atoms with Crippen LogP contribution in [0.2, 0.25) is 5.02 Å². The molecule has 1 N–H and O–H groups in total. The van der Waals surface area contributed by atoms with Crippen LogP contribution in [0.3, 0.4) is 0 Å². The van der Waals surface area contributed by atoms with Gasteiger partial charge in [-0.15, -0.1) is 0 Å². The number of nitrogens with one attached hydrogen (secondary N) is 1. The van der Waals surface area contributed by atoms with E-state index in [1.54, 1.807) is 0 Å². The number of rotatable bonds is 3. The summed E-state index contributed by atoms with van der Waals surface area (Å²) in [7, 11) is 0. The number of piperazine rings is 1. The van der Waals surface area contributed by atoms with Crippen LogP contribution in [-0.4, -0.2) is 43.9 Å². The second-order valence-electron chi connectivity index (χ2n) is 6.75. The SMILES string of the molecule is Cc1cc(Cl)ccc1N1CCN(C(=O)NCc2ccc3c(c2)OCO3)CC1. The van der Waals surface area contributed by atoms with Gasteiger partial charge in [0.15, 0.2) is 11.5 Å². The Morgan fingerprint density at radius 1 is 1.07 bits per heavy atom. The molecule has 4 rings (SSSR count). The molecule has 1 fully saturated rings. The second-order valence-corrected chi connectivity index (χ2v) is 7.19. The molecule has 0 radical (unpaired) electrons. The van der Waals surface area contributed by atoms with E-state index in [1.165, 1.54) is 5.69 Å². The van der Waals surface area contributed by atoms with Crippen molar-refractivity contribution < 1.29 is 14.3 Å². The van der Waals surface area contributed by atoms with Crippen molar-refractivity contribution in [1.29, 1.82) is 0 Å². The lowest BCUT2D eigenvalue weighted by atomic mass is 10.1. The molecule has 2 aromatic carbocycles. The highest BCUT2D eigenvalue weighted by Gasteiger charge is 2.22. The van der Waals surface area contributed by atoms with Gasteiger partial charge in [-0.05, 0) is 48.4 Å². The zero-order chi connectivity index (χ0) is 18.8. The molecular weight excluding hydrogens is 366 g/mol. The number of halogens is 1. The summed E-state index contributed by atoms with van der Waals surface area (Å²) >= 11 is 6.04. The number of fused-ring (bicyclic) bond motifs is 1. The fraction of sp³-hybridized carbons (Fsp3) is 0.350. The maximum atomic E-state index is 12.5. The smallest absolute Gasteiger partial charge is 0.317 e. The quantitative estimate of drug-likeness (QED) is 0.876. The van der Waals surface area contributed by atoms with Gasteiger partial charge >= 0.3 is 6.03 Å². The third-order valence-electron chi connectivity index (χ3n) is 4.95. The van der Waals surface area contributed by atoms with Crippen molar-refractivity contribution in [2.24, 2.45) is 0 Å². The lowest BCUT2D eigenvalue weighted by Gasteiger charge is -2.36. The van der Waals surface area contributed by atoms with E-state index in [2.05, 4.69) is 17.1 Å². The van der Waals surface area contributed by atoms with Crippen LogP contribution in [-0.2, 0) is 6.54 Å². The lowest BCUT2D eigenvalue weighted by molar-refractivity contribution is 0.174. The molecule has 27 heavy (non-hydrogen) atoms. The minimum absolute atomic E-state index is 0.0415. The molecule has 0 unspecified atom stereocenters. The first-order chi connectivity index (χ1) is 13.1. The van der Waals surface area contributed by atoms with E-state index in [-0.39, 0.29) is 12.8 Å². The summed E-state index contributed by atoms with van der Waals surface area (Å²) in [5.74, 6) is 1.48. The van der Waals surface area contributed by atoms with Gasteiger partial charge in [-0.1, -0.05) is 17.7 Å². The van der Waals surface area contributed by atoms with Gasteiger partial charge in [-0.25, -0.2) is 4.79 Å². The van der Waals surface area contributed by atoms with E-state index in [9.17, 15) is 4.79 Å². The van der Waals surface area contributed by atoms with Crippen LogP contribution in [0.5, 0.6) is 11.5 Å². The van der Waals surface area contributed by atoms with Gasteiger partial charge in [0.25, 0.3) is 0 Å². The number of carbonyl (C=O) groups is 1. The van der Waals surface area contributed by atoms with Crippen LogP contribution < -0.4 is 19.7 Å². The highest BCUT2D eigenvalue weighted by molar-refractivity contribution is 6.30. The molecule has 2 amide bonds. The Hall–Kier alpha value is -2.60. The first kappa shape index (κ1) is 17.8. The number of amides is 2. The molecule has 2 aliphatic heterocycles. The predicted molar refractivity (Wildman–Crippen MR) is 105 cm³/mol. The number of hydrogen-bond acceptors (Lipinski definition) is 4. The fourth-order valence-corrected chi connectivity index (χ4v) is 3.69. The van der Waals surface area contributed by atoms with Gasteiger partial charge in [0.2, 0.25) is 6.79 Å². The summed E-state index contributed by atoms with van der Waals surface area (Å²) in [5, 5.41) is 3.74. The first-order valence-electron chi connectivity index (χ1n) is 9.02. The number of carbonyl (C=O) groups excluding carboxylic acids is 1. The Morgan fingerprint density at radius 3 is 2.63 bits per heavy atom.